The minimum absolute atomic E-state index is 0.0113. The Morgan fingerprint density at radius 3 is 2.57 bits per heavy atom. The van der Waals surface area contributed by atoms with Crippen LogP contribution in [0.2, 0.25) is 0 Å². The van der Waals surface area contributed by atoms with Crippen molar-refractivity contribution in [3.05, 3.63) is 62.5 Å². The van der Waals surface area contributed by atoms with Crippen molar-refractivity contribution in [1.82, 2.24) is 4.90 Å². The third kappa shape index (κ3) is 4.28. The van der Waals surface area contributed by atoms with Gasteiger partial charge in [0.15, 0.2) is 0 Å². The number of phenols is 1. The Hall–Kier alpha value is -2.58. The van der Waals surface area contributed by atoms with Crippen LogP contribution < -0.4 is 5.32 Å². The third-order valence-electron chi connectivity index (χ3n) is 4.20. The van der Waals surface area contributed by atoms with Gasteiger partial charge >= 0.3 is 0 Å². The number of halogens is 1. The second-order valence-corrected chi connectivity index (χ2v) is 8.19. The summed E-state index contributed by atoms with van der Waals surface area (Å²) in [6.45, 7) is 3.37. The van der Waals surface area contributed by atoms with Crippen LogP contribution in [-0.2, 0) is 9.59 Å². The summed E-state index contributed by atoms with van der Waals surface area (Å²) in [6, 6.07) is 10.4. The predicted octanol–water partition coefficient (Wildman–Crippen LogP) is 4.45. The maximum atomic E-state index is 12.6. The maximum Gasteiger partial charge on any atom is 0.294 e. The van der Waals surface area contributed by atoms with Crippen LogP contribution in [0.5, 0.6) is 5.75 Å². The lowest BCUT2D eigenvalue weighted by Gasteiger charge is -2.15. The van der Waals surface area contributed by atoms with E-state index in [2.05, 4.69) is 21.2 Å². The van der Waals surface area contributed by atoms with Crippen molar-refractivity contribution in [2.45, 2.75) is 13.8 Å². The van der Waals surface area contributed by atoms with E-state index in [1.165, 1.54) is 12.1 Å². The molecule has 6 nitrogen and oxygen atoms in total. The molecular formula is C20H17BrN2O4S. The first-order valence-electron chi connectivity index (χ1n) is 8.36. The predicted molar refractivity (Wildman–Crippen MR) is 113 cm³/mol. The summed E-state index contributed by atoms with van der Waals surface area (Å²) >= 11 is 4.04. The highest BCUT2D eigenvalue weighted by molar-refractivity contribution is 9.10. The summed E-state index contributed by atoms with van der Waals surface area (Å²) in [5.74, 6) is -1.03. The first kappa shape index (κ1) is 20.2. The molecule has 1 heterocycles. The highest BCUT2D eigenvalue weighted by Gasteiger charge is 2.36. The van der Waals surface area contributed by atoms with Gasteiger partial charge in [-0.2, -0.15) is 0 Å². The van der Waals surface area contributed by atoms with E-state index in [1.807, 2.05) is 32.0 Å². The fourth-order valence-electron chi connectivity index (χ4n) is 2.75. The smallest absolute Gasteiger partial charge is 0.294 e. The van der Waals surface area contributed by atoms with Crippen LogP contribution >= 0.6 is 27.7 Å². The van der Waals surface area contributed by atoms with E-state index >= 15 is 0 Å². The lowest BCUT2D eigenvalue weighted by Crippen LogP contribution is -2.36. The third-order valence-corrected chi connectivity index (χ3v) is 5.60. The lowest BCUT2D eigenvalue weighted by molar-refractivity contribution is -0.127. The van der Waals surface area contributed by atoms with Gasteiger partial charge in [0.1, 0.15) is 12.3 Å². The molecule has 3 rings (SSSR count). The molecule has 0 atom stereocenters. The Balaban J connectivity index is 1.76. The molecule has 2 aromatic rings. The molecule has 2 aromatic carbocycles. The van der Waals surface area contributed by atoms with Gasteiger partial charge in [-0.05, 0) is 61.0 Å². The molecule has 0 spiro atoms. The summed E-state index contributed by atoms with van der Waals surface area (Å²) in [4.78, 5) is 38.3. The summed E-state index contributed by atoms with van der Waals surface area (Å²) < 4.78 is 0.726. The van der Waals surface area contributed by atoms with E-state index in [0.29, 0.717) is 11.3 Å². The average molecular weight is 461 g/mol. The average Bonchev–Trinajstić information content (AvgIpc) is 2.89. The highest BCUT2D eigenvalue weighted by atomic mass is 79.9. The fourth-order valence-corrected chi connectivity index (χ4v) is 3.96. The van der Waals surface area contributed by atoms with Gasteiger partial charge in [-0.1, -0.05) is 34.1 Å². The summed E-state index contributed by atoms with van der Waals surface area (Å²) in [5.41, 5.74) is 2.87. The van der Waals surface area contributed by atoms with Crippen LogP contribution in [-0.4, -0.2) is 33.6 Å². The van der Waals surface area contributed by atoms with Crippen molar-refractivity contribution in [3.63, 3.8) is 0 Å². The first-order chi connectivity index (χ1) is 13.3. The molecule has 1 fully saturated rings. The SMILES string of the molecule is Cc1cccc(C)c1NC(=O)CN1C(=O)S/C(=C/c2cc(Br)ccc2O)C1=O. The summed E-state index contributed by atoms with van der Waals surface area (Å²) in [5, 5.41) is 12.2. The molecule has 0 radical (unpaired) electrons. The number of rotatable bonds is 4. The number of hydrogen-bond acceptors (Lipinski definition) is 5. The molecule has 1 aliphatic heterocycles. The van der Waals surface area contributed by atoms with E-state index in [1.54, 1.807) is 12.1 Å². The Morgan fingerprint density at radius 1 is 1.21 bits per heavy atom. The molecule has 0 aliphatic carbocycles. The molecule has 0 unspecified atom stereocenters. The van der Waals surface area contributed by atoms with Crippen molar-refractivity contribution >= 4 is 56.5 Å². The van der Waals surface area contributed by atoms with Crippen LogP contribution in [0.3, 0.4) is 0 Å². The van der Waals surface area contributed by atoms with Crippen LogP contribution in [0.15, 0.2) is 45.8 Å². The number of amides is 3. The van der Waals surface area contributed by atoms with Crippen molar-refractivity contribution in [2.24, 2.45) is 0 Å². The summed E-state index contributed by atoms with van der Waals surface area (Å²) in [7, 11) is 0. The van der Waals surface area contributed by atoms with Gasteiger partial charge in [0, 0.05) is 15.7 Å². The number of nitrogens with zero attached hydrogens (tertiary/aromatic N) is 1. The second-order valence-electron chi connectivity index (χ2n) is 6.29. The normalized spacial score (nSPS) is 15.4. The zero-order chi connectivity index (χ0) is 20.4. The molecule has 28 heavy (non-hydrogen) atoms. The number of phenolic OH excluding ortho intramolecular Hbond substituents is 1. The molecule has 3 amide bonds. The Kier molecular flexibility index (Phi) is 5.90. The topological polar surface area (TPSA) is 86.7 Å². The number of thioether (sulfide) groups is 1. The fraction of sp³-hybridized carbons (Fsp3) is 0.150. The molecule has 0 saturated carbocycles. The van der Waals surface area contributed by atoms with Gasteiger partial charge in [-0.25, -0.2) is 0 Å². The van der Waals surface area contributed by atoms with E-state index in [9.17, 15) is 19.5 Å². The number of aromatic hydroxyl groups is 1. The van der Waals surface area contributed by atoms with Gasteiger partial charge in [0.2, 0.25) is 5.91 Å². The number of hydrogen-bond donors (Lipinski definition) is 2. The number of para-hydroxylation sites is 1. The number of imide groups is 1. The van der Waals surface area contributed by atoms with Gasteiger partial charge in [-0.3, -0.25) is 19.3 Å². The Labute approximate surface area is 174 Å². The van der Waals surface area contributed by atoms with Crippen LogP contribution in [0, 0.1) is 13.8 Å². The minimum Gasteiger partial charge on any atom is -0.507 e. The number of nitrogens with one attached hydrogen (secondary N) is 1. The van der Waals surface area contributed by atoms with Crippen molar-refractivity contribution in [3.8, 4) is 5.75 Å². The van der Waals surface area contributed by atoms with Crippen molar-refractivity contribution < 1.29 is 19.5 Å². The number of carbonyl (C=O) groups is 3. The summed E-state index contributed by atoms with van der Waals surface area (Å²) in [6.07, 6.45) is 1.44. The largest absolute Gasteiger partial charge is 0.507 e. The van der Waals surface area contributed by atoms with E-state index in [0.717, 1.165) is 32.3 Å². The van der Waals surface area contributed by atoms with Gasteiger partial charge < -0.3 is 10.4 Å². The van der Waals surface area contributed by atoms with E-state index < -0.39 is 17.1 Å². The van der Waals surface area contributed by atoms with Crippen LogP contribution in [0.4, 0.5) is 10.5 Å². The number of benzene rings is 2. The van der Waals surface area contributed by atoms with E-state index in [-0.39, 0.29) is 17.2 Å². The Bertz CT molecular complexity index is 999. The van der Waals surface area contributed by atoms with Gasteiger partial charge in [0.25, 0.3) is 11.1 Å². The second kappa shape index (κ2) is 8.20. The molecule has 2 N–H and O–H groups in total. The van der Waals surface area contributed by atoms with Gasteiger partial charge in [0.05, 0.1) is 4.91 Å². The quantitative estimate of drug-likeness (QED) is 0.658. The molecule has 1 aliphatic rings. The maximum absolute atomic E-state index is 12.6. The molecule has 1 saturated heterocycles. The minimum atomic E-state index is -0.564. The number of aryl methyl sites for hydroxylation is 2. The van der Waals surface area contributed by atoms with Crippen molar-refractivity contribution in [1.29, 1.82) is 0 Å². The number of anilines is 1. The number of carbonyl (C=O) groups excluding carboxylic acids is 3. The standard InChI is InChI=1S/C20H17BrN2O4S/c1-11-4-3-5-12(2)18(11)22-17(25)10-23-19(26)16(28-20(23)27)9-13-8-14(21)6-7-15(13)24/h3-9,24H,10H2,1-2H3,(H,22,25)/b16-9+. The first-order valence-corrected chi connectivity index (χ1v) is 9.97. The molecule has 0 bridgehead atoms. The van der Waals surface area contributed by atoms with Crippen LogP contribution in [0.25, 0.3) is 6.08 Å². The van der Waals surface area contributed by atoms with E-state index in [4.69, 9.17) is 0 Å². The molecular weight excluding hydrogens is 444 g/mol. The zero-order valence-electron chi connectivity index (χ0n) is 15.2. The zero-order valence-corrected chi connectivity index (χ0v) is 17.6. The monoisotopic (exact) mass is 460 g/mol. The highest BCUT2D eigenvalue weighted by Crippen LogP contribution is 2.34. The molecule has 0 aromatic heterocycles. The van der Waals surface area contributed by atoms with Crippen LogP contribution in [0.1, 0.15) is 16.7 Å². The molecule has 144 valence electrons. The van der Waals surface area contributed by atoms with Crippen molar-refractivity contribution in [2.75, 3.05) is 11.9 Å². The van der Waals surface area contributed by atoms with Gasteiger partial charge in [-0.15, -0.1) is 0 Å². The molecule has 8 heteroatoms. The Morgan fingerprint density at radius 2 is 1.89 bits per heavy atom. The lowest BCUT2D eigenvalue weighted by atomic mass is 10.1.